The second kappa shape index (κ2) is 7.33. The van der Waals surface area contributed by atoms with Crippen molar-refractivity contribution in [1.82, 2.24) is 0 Å². The molecule has 0 amide bonds. The van der Waals surface area contributed by atoms with E-state index in [4.69, 9.17) is 17.4 Å². The van der Waals surface area contributed by atoms with Crippen LogP contribution in [0.4, 0.5) is 11.4 Å². The largest absolute Gasteiger partial charge is 0.332 e. The molecule has 0 aliphatic carbocycles. The molecule has 3 rings (SSSR count). The van der Waals surface area contributed by atoms with Crippen molar-refractivity contribution in [3.8, 4) is 0 Å². The predicted molar refractivity (Wildman–Crippen MR) is 122 cm³/mol. The monoisotopic (exact) mass is 435 g/mol. The van der Waals surface area contributed by atoms with Crippen molar-refractivity contribution in [2.75, 3.05) is 10.6 Å². The Morgan fingerprint density at radius 2 is 1.71 bits per heavy atom. The minimum Gasteiger partial charge on any atom is -0.332 e. The Morgan fingerprint density at radius 1 is 1.07 bits per heavy atom. The molecule has 28 heavy (non-hydrogen) atoms. The molecular weight excluding hydrogens is 410 g/mol. The molecule has 0 fully saturated rings. The summed E-state index contributed by atoms with van der Waals surface area (Å²) in [5.41, 5.74) is 3.06. The van der Waals surface area contributed by atoms with E-state index in [9.17, 15) is 8.42 Å². The van der Waals surface area contributed by atoms with Gasteiger partial charge in [-0.2, -0.15) is 0 Å². The summed E-state index contributed by atoms with van der Waals surface area (Å²) in [5, 5.41) is 12.0. The van der Waals surface area contributed by atoms with Crippen LogP contribution in [0, 0.1) is 0 Å². The highest BCUT2D eigenvalue weighted by molar-refractivity contribution is 8.01. The number of benzene rings is 2. The Hall–Kier alpha value is -1.61. The molecular formula is C20H25N3O2S3. The molecule has 8 heteroatoms. The number of nitrogens with one attached hydrogen (secondary N) is 2. The predicted octanol–water partition coefficient (Wildman–Crippen LogP) is 4.69. The number of nitrogens with two attached hydrogens (primary N) is 1. The SMILES string of the molecule is CC1(C)CC(C)(C)c2cccc(NC(=S)Nc3ccc(S(N)(=O)=O)cc3)c2S1. The van der Waals surface area contributed by atoms with E-state index in [1.165, 1.54) is 22.6 Å². The number of sulfonamides is 1. The van der Waals surface area contributed by atoms with Crippen LogP contribution in [-0.4, -0.2) is 18.3 Å². The van der Waals surface area contributed by atoms with Crippen molar-refractivity contribution in [2.45, 2.75) is 54.1 Å². The molecule has 0 aromatic heterocycles. The second-order valence-corrected chi connectivity index (χ2v) is 11.9. The van der Waals surface area contributed by atoms with Gasteiger partial charge >= 0.3 is 0 Å². The van der Waals surface area contributed by atoms with Crippen molar-refractivity contribution >= 4 is 50.5 Å². The fourth-order valence-electron chi connectivity index (χ4n) is 3.76. The first-order valence-electron chi connectivity index (χ1n) is 8.91. The normalized spacial score (nSPS) is 17.5. The lowest BCUT2D eigenvalue weighted by Gasteiger charge is -2.42. The summed E-state index contributed by atoms with van der Waals surface area (Å²) < 4.78 is 22.9. The molecule has 1 aliphatic rings. The van der Waals surface area contributed by atoms with Gasteiger partial charge in [-0.1, -0.05) is 39.8 Å². The maximum Gasteiger partial charge on any atom is 0.238 e. The zero-order valence-electron chi connectivity index (χ0n) is 16.4. The van der Waals surface area contributed by atoms with E-state index in [1.807, 2.05) is 23.9 Å². The Kier molecular flexibility index (Phi) is 5.53. The topological polar surface area (TPSA) is 84.2 Å². The van der Waals surface area contributed by atoms with E-state index in [1.54, 1.807) is 12.1 Å². The van der Waals surface area contributed by atoms with Gasteiger partial charge in [-0.25, -0.2) is 13.6 Å². The number of fused-ring (bicyclic) bond motifs is 1. The Labute approximate surface area is 176 Å². The van der Waals surface area contributed by atoms with Gasteiger partial charge in [0.15, 0.2) is 5.11 Å². The summed E-state index contributed by atoms with van der Waals surface area (Å²) in [6.45, 7) is 9.09. The molecule has 0 saturated heterocycles. The third kappa shape index (κ3) is 4.68. The third-order valence-corrected chi connectivity index (χ3v) is 7.15. The van der Waals surface area contributed by atoms with Gasteiger partial charge in [0.05, 0.1) is 10.6 Å². The molecule has 0 radical (unpaired) electrons. The van der Waals surface area contributed by atoms with Crippen molar-refractivity contribution in [1.29, 1.82) is 0 Å². The summed E-state index contributed by atoms with van der Waals surface area (Å²) in [6.07, 6.45) is 1.10. The molecule has 2 aromatic carbocycles. The van der Waals surface area contributed by atoms with E-state index in [-0.39, 0.29) is 15.1 Å². The number of thiocarbonyl (C=S) groups is 1. The lowest BCUT2D eigenvalue weighted by molar-refractivity contribution is 0.408. The Morgan fingerprint density at radius 3 is 2.32 bits per heavy atom. The zero-order chi connectivity index (χ0) is 20.7. The van der Waals surface area contributed by atoms with Gasteiger partial charge in [-0.3, -0.25) is 0 Å². The Bertz CT molecular complexity index is 1010. The number of primary sulfonamides is 1. The van der Waals surface area contributed by atoms with Crippen molar-refractivity contribution in [2.24, 2.45) is 5.14 Å². The first kappa shape index (κ1) is 21.1. The van der Waals surface area contributed by atoms with E-state index in [0.717, 1.165) is 12.1 Å². The summed E-state index contributed by atoms with van der Waals surface area (Å²) >= 11 is 7.33. The molecule has 0 bridgehead atoms. The first-order chi connectivity index (χ1) is 12.9. The summed E-state index contributed by atoms with van der Waals surface area (Å²) in [7, 11) is -3.71. The second-order valence-electron chi connectivity index (χ2n) is 8.25. The van der Waals surface area contributed by atoms with Crippen LogP contribution in [0.15, 0.2) is 52.3 Å². The summed E-state index contributed by atoms with van der Waals surface area (Å²) in [5.74, 6) is 0. The van der Waals surface area contributed by atoms with E-state index < -0.39 is 10.0 Å². The van der Waals surface area contributed by atoms with Gasteiger partial charge in [0.25, 0.3) is 0 Å². The van der Waals surface area contributed by atoms with Crippen LogP contribution in [0.2, 0.25) is 0 Å². The molecule has 0 spiro atoms. The minimum absolute atomic E-state index is 0.0647. The smallest absolute Gasteiger partial charge is 0.238 e. The van der Waals surface area contributed by atoms with Crippen LogP contribution in [-0.2, 0) is 15.4 Å². The molecule has 150 valence electrons. The number of thioether (sulfide) groups is 1. The highest BCUT2D eigenvalue weighted by Crippen LogP contribution is 2.53. The highest BCUT2D eigenvalue weighted by atomic mass is 32.2. The number of anilines is 2. The number of rotatable bonds is 3. The summed E-state index contributed by atoms with van der Waals surface area (Å²) in [4.78, 5) is 1.28. The van der Waals surface area contributed by atoms with Gasteiger partial charge in [0.2, 0.25) is 10.0 Å². The maximum atomic E-state index is 11.4. The molecule has 4 N–H and O–H groups in total. The van der Waals surface area contributed by atoms with Crippen molar-refractivity contribution < 1.29 is 8.42 Å². The minimum atomic E-state index is -3.71. The van der Waals surface area contributed by atoms with Gasteiger partial charge in [0.1, 0.15) is 0 Å². The fourth-order valence-corrected chi connectivity index (χ4v) is 6.18. The fraction of sp³-hybridized carbons (Fsp3) is 0.350. The van der Waals surface area contributed by atoms with Crippen molar-refractivity contribution in [3.05, 3.63) is 48.0 Å². The number of hydrogen-bond acceptors (Lipinski definition) is 4. The molecule has 2 aromatic rings. The van der Waals surface area contributed by atoms with Gasteiger partial charge in [0, 0.05) is 15.3 Å². The van der Waals surface area contributed by atoms with Crippen LogP contribution < -0.4 is 15.8 Å². The molecule has 0 saturated carbocycles. The highest BCUT2D eigenvalue weighted by Gasteiger charge is 2.39. The molecule has 0 unspecified atom stereocenters. The third-order valence-electron chi connectivity index (χ3n) is 4.68. The lowest BCUT2D eigenvalue weighted by atomic mass is 9.77. The van der Waals surface area contributed by atoms with Crippen LogP contribution in [0.1, 0.15) is 39.7 Å². The van der Waals surface area contributed by atoms with Gasteiger partial charge in [-0.15, -0.1) is 11.8 Å². The Balaban J connectivity index is 1.80. The average Bonchev–Trinajstić information content (AvgIpc) is 2.53. The van der Waals surface area contributed by atoms with Crippen LogP contribution in [0.5, 0.6) is 0 Å². The summed E-state index contributed by atoms with van der Waals surface area (Å²) in [6, 6.07) is 12.4. The van der Waals surface area contributed by atoms with Crippen LogP contribution >= 0.6 is 24.0 Å². The van der Waals surface area contributed by atoms with Crippen molar-refractivity contribution in [3.63, 3.8) is 0 Å². The lowest BCUT2D eigenvalue weighted by Crippen LogP contribution is -2.34. The molecule has 0 atom stereocenters. The van der Waals surface area contributed by atoms with E-state index in [0.29, 0.717) is 10.8 Å². The maximum absolute atomic E-state index is 11.4. The average molecular weight is 436 g/mol. The first-order valence-corrected chi connectivity index (χ1v) is 11.7. The van der Waals surface area contributed by atoms with Crippen LogP contribution in [0.3, 0.4) is 0 Å². The standard InChI is InChI=1S/C20H25N3O2S3/c1-19(2)12-20(3,4)27-17-15(19)6-5-7-16(17)23-18(26)22-13-8-10-14(11-9-13)28(21,24)25/h5-11H,12H2,1-4H3,(H2,21,24,25)(H2,22,23,26). The van der Waals surface area contributed by atoms with Gasteiger partial charge < -0.3 is 10.6 Å². The van der Waals surface area contributed by atoms with E-state index >= 15 is 0 Å². The zero-order valence-corrected chi connectivity index (χ0v) is 18.8. The molecule has 5 nitrogen and oxygen atoms in total. The van der Waals surface area contributed by atoms with Crippen LogP contribution in [0.25, 0.3) is 0 Å². The molecule has 1 aliphatic heterocycles. The number of hydrogen-bond donors (Lipinski definition) is 3. The van der Waals surface area contributed by atoms with E-state index in [2.05, 4.69) is 44.4 Å². The quantitative estimate of drug-likeness (QED) is 0.606. The molecule has 1 heterocycles. The van der Waals surface area contributed by atoms with Gasteiger partial charge in [-0.05, 0) is 59.9 Å².